The normalized spacial score (nSPS) is 11.8. The summed E-state index contributed by atoms with van der Waals surface area (Å²) >= 11 is 0. The standard InChI is InChI=1S/C46H28O/c1-2-12-29(13-3-1)32-24-25-40(35-17-7-6-16-34(32)35)45-38-20-10-8-18-36(38)44(37-19-9-11-21-39(37)45)31-23-26-42-41(28-31)46-33-15-5-4-14-30(33)22-27-43(46)47-42/h1-28H. The van der Waals surface area contributed by atoms with Gasteiger partial charge in [-0.25, -0.2) is 0 Å². The van der Waals surface area contributed by atoms with Crippen LogP contribution in [-0.2, 0) is 0 Å². The molecule has 9 aromatic carbocycles. The Morgan fingerprint density at radius 3 is 1.53 bits per heavy atom. The average molecular weight is 597 g/mol. The first-order chi connectivity index (χ1) is 23.3. The number of furan rings is 1. The Kier molecular flexibility index (Phi) is 5.64. The van der Waals surface area contributed by atoms with Gasteiger partial charge in [0.1, 0.15) is 11.2 Å². The first-order valence-electron chi connectivity index (χ1n) is 16.2. The molecular weight excluding hydrogens is 569 g/mol. The Labute approximate surface area is 271 Å². The van der Waals surface area contributed by atoms with Crippen molar-refractivity contribution in [2.24, 2.45) is 0 Å². The van der Waals surface area contributed by atoms with Crippen molar-refractivity contribution in [3.05, 3.63) is 170 Å². The topological polar surface area (TPSA) is 13.1 Å². The molecule has 0 atom stereocenters. The van der Waals surface area contributed by atoms with E-state index in [1.165, 1.54) is 81.9 Å². The van der Waals surface area contributed by atoms with E-state index in [1.807, 2.05) is 0 Å². The van der Waals surface area contributed by atoms with E-state index in [0.717, 1.165) is 16.6 Å². The highest BCUT2D eigenvalue weighted by Crippen LogP contribution is 2.47. The quantitative estimate of drug-likeness (QED) is 0.185. The third kappa shape index (κ3) is 3.90. The molecule has 0 bridgehead atoms. The molecule has 0 N–H and O–H groups in total. The van der Waals surface area contributed by atoms with Gasteiger partial charge in [-0.3, -0.25) is 0 Å². The zero-order chi connectivity index (χ0) is 30.9. The van der Waals surface area contributed by atoms with Crippen LogP contribution in [0, 0.1) is 0 Å². The monoisotopic (exact) mass is 596 g/mol. The van der Waals surface area contributed by atoms with E-state index in [4.69, 9.17) is 4.42 Å². The van der Waals surface area contributed by atoms with Crippen LogP contribution in [0.25, 0.3) is 98.4 Å². The average Bonchev–Trinajstić information content (AvgIpc) is 3.52. The zero-order valence-corrected chi connectivity index (χ0v) is 25.6. The second-order valence-corrected chi connectivity index (χ2v) is 12.4. The lowest BCUT2D eigenvalue weighted by molar-refractivity contribution is 0.669. The van der Waals surface area contributed by atoms with Crippen LogP contribution in [0.2, 0.25) is 0 Å². The van der Waals surface area contributed by atoms with Crippen LogP contribution >= 0.6 is 0 Å². The summed E-state index contributed by atoms with van der Waals surface area (Å²) in [5, 5.41) is 12.3. The zero-order valence-electron chi connectivity index (χ0n) is 25.6. The van der Waals surface area contributed by atoms with Crippen LogP contribution in [0.1, 0.15) is 0 Å². The van der Waals surface area contributed by atoms with E-state index < -0.39 is 0 Å². The van der Waals surface area contributed by atoms with Gasteiger partial charge in [0.05, 0.1) is 0 Å². The first-order valence-corrected chi connectivity index (χ1v) is 16.2. The molecule has 0 aliphatic carbocycles. The Morgan fingerprint density at radius 2 is 0.830 bits per heavy atom. The molecule has 1 heterocycles. The van der Waals surface area contributed by atoms with Gasteiger partial charge in [0.2, 0.25) is 0 Å². The summed E-state index contributed by atoms with van der Waals surface area (Å²) in [6.45, 7) is 0. The molecule has 1 nitrogen and oxygen atoms in total. The highest BCUT2D eigenvalue weighted by molar-refractivity contribution is 6.25. The van der Waals surface area contributed by atoms with Crippen LogP contribution in [0.4, 0.5) is 0 Å². The maximum atomic E-state index is 6.39. The molecule has 1 heteroatoms. The van der Waals surface area contributed by atoms with Gasteiger partial charge in [-0.1, -0.05) is 152 Å². The van der Waals surface area contributed by atoms with Crippen LogP contribution in [-0.4, -0.2) is 0 Å². The molecule has 218 valence electrons. The highest BCUT2D eigenvalue weighted by atomic mass is 16.3. The first kappa shape index (κ1) is 26.1. The maximum Gasteiger partial charge on any atom is 0.136 e. The van der Waals surface area contributed by atoms with Gasteiger partial charge < -0.3 is 4.42 Å². The fourth-order valence-corrected chi connectivity index (χ4v) is 7.82. The van der Waals surface area contributed by atoms with E-state index in [-0.39, 0.29) is 0 Å². The van der Waals surface area contributed by atoms with Crippen molar-refractivity contribution in [1.29, 1.82) is 0 Å². The highest BCUT2D eigenvalue weighted by Gasteiger charge is 2.20. The van der Waals surface area contributed by atoms with Crippen LogP contribution in [0.3, 0.4) is 0 Å². The molecule has 1 aromatic heterocycles. The molecule has 0 aliphatic rings. The van der Waals surface area contributed by atoms with E-state index in [1.54, 1.807) is 0 Å². The molecular formula is C46H28O. The van der Waals surface area contributed by atoms with E-state index in [2.05, 4.69) is 170 Å². The fourth-order valence-electron chi connectivity index (χ4n) is 7.82. The molecule has 0 fully saturated rings. The van der Waals surface area contributed by atoms with Crippen molar-refractivity contribution in [3.63, 3.8) is 0 Å². The molecule has 0 saturated heterocycles. The number of hydrogen-bond donors (Lipinski definition) is 0. The Morgan fingerprint density at radius 1 is 0.298 bits per heavy atom. The van der Waals surface area contributed by atoms with E-state index >= 15 is 0 Å². The molecule has 0 amide bonds. The fraction of sp³-hybridized carbons (Fsp3) is 0. The van der Waals surface area contributed by atoms with Crippen molar-refractivity contribution in [1.82, 2.24) is 0 Å². The summed E-state index contributed by atoms with van der Waals surface area (Å²) in [5.74, 6) is 0. The summed E-state index contributed by atoms with van der Waals surface area (Å²) in [6, 6.07) is 61.5. The minimum Gasteiger partial charge on any atom is -0.456 e. The minimum atomic E-state index is 0.912. The van der Waals surface area contributed by atoms with Gasteiger partial charge in [0.25, 0.3) is 0 Å². The summed E-state index contributed by atoms with van der Waals surface area (Å²) in [7, 11) is 0. The van der Waals surface area contributed by atoms with Crippen LogP contribution in [0.5, 0.6) is 0 Å². The second-order valence-electron chi connectivity index (χ2n) is 12.4. The van der Waals surface area contributed by atoms with Gasteiger partial charge in [0.15, 0.2) is 0 Å². The lowest BCUT2D eigenvalue weighted by Gasteiger charge is -2.19. The van der Waals surface area contributed by atoms with Crippen molar-refractivity contribution in [3.8, 4) is 33.4 Å². The summed E-state index contributed by atoms with van der Waals surface area (Å²) < 4.78 is 6.39. The second kappa shape index (κ2) is 10.2. The Hall–Kier alpha value is -6.18. The largest absolute Gasteiger partial charge is 0.456 e. The Balaban J connectivity index is 1.29. The predicted molar refractivity (Wildman–Crippen MR) is 200 cm³/mol. The number of fused-ring (bicyclic) bond motifs is 8. The minimum absolute atomic E-state index is 0.912. The van der Waals surface area contributed by atoms with Gasteiger partial charge in [-0.15, -0.1) is 0 Å². The maximum absolute atomic E-state index is 6.39. The SMILES string of the molecule is c1ccc(-c2ccc(-c3c4ccccc4c(-c4ccc5oc6ccc7ccccc7c6c5c4)c4ccccc34)c3ccccc23)cc1. The number of hydrogen-bond acceptors (Lipinski definition) is 1. The summed E-state index contributed by atoms with van der Waals surface area (Å²) in [4.78, 5) is 0. The molecule has 0 radical (unpaired) electrons. The van der Waals surface area contributed by atoms with Gasteiger partial charge >= 0.3 is 0 Å². The van der Waals surface area contributed by atoms with E-state index in [9.17, 15) is 0 Å². The van der Waals surface area contributed by atoms with E-state index in [0.29, 0.717) is 0 Å². The Bertz CT molecular complexity index is 2780. The van der Waals surface area contributed by atoms with Crippen molar-refractivity contribution in [2.45, 2.75) is 0 Å². The van der Waals surface area contributed by atoms with Crippen LogP contribution < -0.4 is 0 Å². The number of rotatable bonds is 3. The molecule has 10 aromatic rings. The lowest BCUT2D eigenvalue weighted by Crippen LogP contribution is -1.92. The molecule has 0 aliphatic heterocycles. The number of benzene rings is 9. The van der Waals surface area contributed by atoms with Crippen LogP contribution in [0.15, 0.2) is 174 Å². The predicted octanol–water partition coefficient (Wildman–Crippen LogP) is 13.2. The van der Waals surface area contributed by atoms with Gasteiger partial charge in [-0.05, 0) is 94.7 Å². The molecule has 10 rings (SSSR count). The van der Waals surface area contributed by atoms with Crippen molar-refractivity contribution >= 4 is 65.0 Å². The van der Waals surface area contributed by atoms with Crippen molar-refractivity contribution < 1.29 is 4.42 Å². The van der Waals surface area contributed by atoms with Gasteiger partial charge in [0, 0.05) is 10.8 Å². The smallest absolute Gasteiger partial charge is 0.136 e. The summed E-state index contributed by atoms with van der Waals surface area (Å²) in [6.07, 6.45) is 0. The molecule has 0 spiro atoms. The molecule has 47 heavy (non-hydrogen) atoms. The lowest BCUT2D eigenvalue weighted by atomic mass is 9.83. The summed E-state index contributed by atoms with van der Waals surface area (Å²) in [5.41, 5.74) is 9.29. The molecule has 0 saturated carbocycles. The molecule has 0 unspecified atom stereocenters. The third-order valence-electron chi connectivity index (χ3n) is 9.86. The third-order valence-corrected chi connectivity index (χ3v) is 9.86. The van der Waals surface area contributed by atoms with Gasteiger partial charge in [-0.2, -0.15) is 0 Å². The van der Waals surface area contributed by atoms with Crippen molar-refractivity contribution in [2.75, 3.05) is 0 Å².